The highest BCUT2D eigenvalue weighted by atomic mass is 19.4. The molecular weight excluding hydrogens is 233 g/mol. The lowest BCUT2D eigenvalue weighted by Crippen LogP contribution is -2.30. The quantitative estimate of drug-likeness (QED) is 0.887. The maximum atomic E-state index is 12.1. The van der Waals surface area contributed by atoms with E-state index in [1.165, 1.54) is 6.26 Å². The van der Waals surface area contributed by atoms with E-state index in [0.29, 0.717) is 17.7 Å². The molecule has 2 nitrogen and oxygen atoms in total. The third kappa shape index (κ3) is 2.83. The molecule has 2 rings (SSSR count). The number of aliphatic hydroxyl groups is 1. The molecule has 0 aromatic carbocycles. The van der Waals surface area contributed by atoms with Crippen molar-refractivity contribution in [3.05, 3.63) is 23.7 Å². The maximum absolute atomic E-state index is 12.1. The van der Waals surface area contributed by atoms with Gasteiger partial charge in [0.25, 0.3) is 0 Å². The minimum atomic E-state index is -4.15. The second kappa shape index (κ2) is 4.37. The van der Waals surface area contributed by atoms with E-state index in [1.807, 2.05) is 0 Å². The van der Waals surface area contributed by atoms with Gasteiger partial charge in [-0.05, 0) is 31.7 Å². The van der Waals surface area contributed by atoms with E-state index in [-0.39, 0.29) is 12.8 Å². The Morgan fingerprint density at radius 3 is 2.88 bits per heavy atom. The molecule has 1 atom stereocenters. The number of fused-ring (bicyclic) bond motifs is 1. The van der Waals surface area contributed by atoms with E-state index in [9.17, 15) is 18.3 Å². The molecular formula is C12H15F3O2. The van der Waals surface area contributed by atoms with Gasteiger partial charge in [-0.3, -0.25) is 0 Å². The summed E-state index contributed by atoms with van der Waals surface area (Å²) >= 11 is 0. The summed E-state index contributed by atoms with van der Waals surface area (Å²) in [7, 11) is 0. The summed E-state index contributed by atoms with van der Waals surface area (Å²) in [6, 6.07) is 1.67. The Kier molecular flexibility index (Phi) is 3.21. The van der Waals surface area contributed by atoms with Gasteiger partial charge in [-0.2, -0.15) is 13.2 Å². The molecule has 1 heterocycles. The molecule has 0 aliphatic heterocycles. The molecule has 1 aromatic heterocycles. The molecule has 0 saturated heterocycles. The van der Waals surface area contributed by atoms with Crippen molar-refractivity contribution in [2.75, 3.05) is 0 Å². The van der Waals surface area contributed by atoms with Crippen molar-refractivity contribution >= 4 is 0 Å². The number of aryl methyl sites for hydroxylation is 1. The van der Waals surface area contributed by atoms with E-state index in [0.717, 1.165) is 12.8 Å². The van der Waals surface area contributed by atoms with Crippen molar-refractivity contribution in [3.63, 3.8) is 0 Å². The van der Waals surface area contributed by atoms with Crippen LogP contribution in [0.2, 0.25) is 0 Å². The highest BCUT2D eigenvalue weighted by molar-refractivity contribution is 5.27. The van der Waals surface area contributed by atoms with E-state index < -0.39 is 18.2 Å². The number of rotatable bonds is 3. The van der Waals surface area contributed by atoms with Gasteiger partial charge in [-0.15, -0.1) is 0 Å². The van der Waals surface area contributed by atoms with Crippen molar-refractivity contribution in [2.24, 2.45) is 0 Å². The largest absolute Gasteiger partial charge is 0.469 e. The van der Waals surface area contributed by atoms with Crippen LogP contribution in [0.4, 0.5) is 13.2 Å². The standard InChI is InChI=1S/C12H15F3O2/c13-12(14,15)7-2-6-11(16)5-1-3-10-9(11)4-8-17-10/h4,8,16H,1-3,5-7H2. The Hall–Kier alpha value is -0.970. The Labute approximate surface area is 97.4 Å². The van der Waals surface area contributed by atoms with Gasteiger partial charge in [-0.1, -0.05) is 0 Å². The first-order valence-electron chi connectivity index (χ1n) is 5.77. The number of hydrogen-bond donors (Lipinski definition) is 1. The summed E-state index contributed by atoms with van der Waals surface area (Å²) in [4.78, 5) is 0. The summed E-state index contributed by atoms with van der Waals surface area (Å²) in [5, 5.41) is 10.4. The first kappa shape index (κ1) is 12.5. The summed E-state index contributed by atoms with van der Waals surface area (Å²) in [6.45, 7) is 0. The van der Waals surface area contributed by atoms with Crippen molar-refractivity contribution in [1.29, 1.82) is 0 Å². The Morgan fingerprint density at radius 2 is 2.18 bits per heavy atom. The Morgan fingerprint density at radius 1 is 1.41 bits per heavy atom. The second-order valence-electron chi connectivity index (χ2n) is 4.61. The van der Waals surface area contributed by atoms with Crippen molar-refractivity contribution in [3.8, 4) is 0 Å². The molecule has 1 N–H and O–H groups in total. The third-order valence-electron chi connectivity index (χ3n) is 3.29. The monoisotopic (exact) mass is 248 g/mol. The van der Waals surface area contributed by atoms with E-state index in [4.69, 9.17) is 4.42 Å². The average molecular weight is 248 g/mol. The van der Waals surface area contributed by atoms with Crippen LogP contribution in [0.3, 0.4) is 0 Å². The summed E-state index contributed by atoms with van der Waals surface area (Å²) in [6.07, 6.45) is -1.40. The molecule has 96 valence electrons. The molecule has 0 spiro atoms. The predicted octanol–water partition coefficient (Wildman–Crippen LogP) is 3.54. The van der Waals surface area contributed by atoms with Gasteiger partial charge in [0.2, 0.25) is 0 Å². The molecule has 17 heavy (non-hydrogen) atoms. The van der Waals surface area contributed by atoms with E-state index in [2.05, 4.69) is 0 Å². The average Bonchev–Trinajstić information content (AvgIpc) is 2.65. The van der Waals surface area contributed by atoms with Crippen LogP contribution in [0.1, 0.15) is 43.4 Å². The van der Waals surface area contributed by atoms with Gasteiger partial charge in [-0.25, -0.2) is 0 Å². The summed E-state index contributed by atoms with van der Waals surface area (Å²) in [5.41, 5.74) is -0.461. The van der Waals surface area contributed by atoms with Crippen LogP contribution in [0, 0.1) is 0 Å². The minimum absolute atomic E-state index is 0.0510. The normalized spacial score (nSPS) is 24.7. The number of halogens is 3. The summed E-state index contributed by atoms with van der Waals surface area (Å²) < 4.78 is 41.4. The summed E-state index contributed by atoms with van der Waals surface area (Å²) in [5.74, 6) is 0.714. The molecule has 5 heteroatoms. The van der Waals surface area contributed by atoms with Crippen molar-refractivity contribution < 1.29 is 22.7 Å². The van der Waals surface area contributed by atoms with Gasteiger partial charge in [0, 0.05) is 18.4 Å². The smallest absolute Gasteiger partial charge is 0.389 e. The zero-order chi connectivity index (χ0) is 12.5. The zero-order valence-corrected chi connectivity index (χ0v) is 9.39. The molecule has 0 radical (unpaired) electrons. The van der Waals surface area contributed by atoms with Crippen molar-refractivity contribution in [2.45, 2.75) is 50.3 Å². The molecule has 1 aliphatic carbocycles. The molecule has 0 amide bonds. The van der Waals surface area contributed by atoms with Crippen LogP contribution in [0.15, 0.2) is 16.7 Å². The molecule has 1 unspecified atom stereocenters. The fourth-order valence-corrected chi connectivity index (χ4v) is 2.47. The number of furan rings is 1. The zero-order valence-electron chi connectivity index (χ0n) is 9.39. The number of hydrogen-bond acceptors (Lipinski definition) is 2. The van der Waals surface area contributed by atoms with Crippen LogP contribution in [0.5, 0.6) is 0 Å². The lowest BCUT2D eigenvalue weighted by atomic mass is 9.79. The van der Waals surface area contributed by atoms with Crippen molar-refractivity contribution in [1.82, 2.24) is 0 Å². The molecule has 0 fully saturated rings. The van der Waals surface area contributed by atoms with E-state index >= 15 is 0 Å². The predicted molar refractivity (Wildman–Crippen MR) is 55.4 cm³/mol. The molecule has 0 saturated carbocycles. The SMILES string of the molecule is OC1(CCCC(F)(F)F)CCCc2occc21. The maximum Gasteiger partial charge on any atom is 0.389 e. The fourth-order valence-electron chi connectivity index (χ4n) is 2.47. The van der Waals surface area contributed by atoms with Gasteiger partial charge in [0.15, 0.2) is 0 Å². The van der Waals surface area contributed by atoms with Crippen LogP contribution >= 0.6 is 0 Å². The van der Waals surface area contributed by atoms with Gasteiger partial charge >= 0.3 is 6.18 Å². The van der Waals surface area contributed by atoms with Crippen LogP contribution in [0.25, 0.3) is 0 Å². The van der Waals surface area contributed by atoms with Crippen LogP contribution in [-0.4, -0.2) is 11.3 Å². The minimum Gasteiger partial charge on any atom is -0.469 e. The Balaban J connectivity index is 2.01. The highest BCUT2D eigenvalue weighted by Gasteiger charge is 2.37. The second-order valence-corrected chi connectivity index (χ2v) is 4.61. The van der Waals surface area contributed by atoms with E-state index in [1.54, 1.807) is 6.07 Å². The molecule has 0 bridgehead atoms. The molecule has 1 aliphatic rings. The Bertz CT molecular complexity index is 383. The molecule has 1 aromatic rings. The third-order valence-corrected chi connectivity index (χ3v) is 3.29. The van der Waals surface area contributed by atoms with Gasteiger partial charge in [0.05, 0.1) is 11.9 Å². The van der Waals surface area contributed by atoms with Crippen LogP contribution in [-0.2, 0) is 12.0 Å². The van der Waals surface area contributed by atoms with Gasteiger partial charge in [0.1, 0.15) is 5.76 Å². The highest BCUT2D eigenvalue weighted by Crippen LogP contribution is 2.40. The first-order valence-corrected chi connectivity index (χ1v) is 5.77. The van der Waals surface area contributed by atoms with Crippen LogP contribution < -0.4 is 0 Å². The number of alkyl halides is 3. The lowest BCUT2D eigenvalue weighted by Gasteiger charge is -2.31. The van der Waals surface area contributed by atoms with Gasteiger partial charge < -0.3 is 9.52 Å². The lowest BCUT2D eigenvalue weighted by molar-refractivity contribution is -0.138. The fraction of sp³-hybridized carbons (Fsp3) is 0.667. The topological polar surface area (TPSA) is 33.4 Å². The first-order chi connectivity index (χ1) is 7.91.